The summed E-state index contributed by atoms with van der Waals surface area (Å²) in [7, 11) is 0. The van der Waals surface area contributed by atoms with Crippen molar-refractivity contribution >= 4 is 5.97 Å². The molecule has 1 aliphatic rings. The first-order chi connectivity index (χ1) is 7.58. The Balaban J connectivity index is 2.38. The number of rotatable bonds is 4. The van der Waals surface area contributed by atoms with E-state index < -0.39 is 11.4 Å². The van der Waals surface area contributed by atoms with Gasteiger partial charge in [-0.1, -0.05) is 13.3 Å². The molecule has 0 amide bonds. The second-order valence-electron chi connectivity index (χ2n) is 4.46. The van der Waals surface area contributed by atoms with Crippen LogP contribution < -0.4 is 0 Å². The second kappa shape index (κ2) is 3.85. The van der Waals surface area contributed by atoms with Crippen molar-refractivity contribution in [1.82, 2.24) is 9.97 Å². The number of carboxylic acid groups (broad SMARTS) is 1. The van der Waals surface area contributed by atoms with Crippen molar-refractivity contribution in [3.63, 3.8) is 0 Å². The van der Waals surface area contributed by atoms with Gasteiger partial charge >= 0.3 is 5.97 Å². The molecule has 0 radical (unpaired) electrons. The molecule has 4 heteroatoms. The van der Waals surface area contributed by atoms with Crippen LogP contribution in [0.25, 0.3) is 0 Å². The van der Waals surface area contributed by atoms with E-state index in [0.29, 0.717) is 18.7 Å². The molecule has 2 rings (SSSR count). The summed E-state index contributed by atoms with van der Waals surface area (Å²) in [6.45, 7) is 3.98. The minimum Gasteiger partial charge on any atom is -0.480 e. The quantitative estimate of drug-likeness (QED) is 0.841. The molecule has 4 nitrogen and oxygen atoms in total. The number of hydrogen-bond acceptors (Lipinski definition) is 3. The molecule has 0 aliphatic heterocycles. The Labute approximate surface area is 94.7 Å². The zero-order valence-corrected chi connectivity index (χ0v) is 9.66. The fourth-order valence-corrected chi connectivity index (χ4v) is 1.89. The van der Waals surface area contributed by atoms with E-state index in [4.69, 9.17) is 0 Å². The Morgan fingerprint density at radius 1 is 1.50 bits per heavy atom. The van der Waals surface area contributed by atoms with Gasteiger partial charge < -0.3 is 5.11 Å². The Morgan fingerprint density at radius 3 is 2.69 bits per heavy atom. The molecule has 1 saturated carbocycles. The maximum absolute atomic E-state index is 11.2. The molecule has 1 aliphatic carbocycles. The van der Waals surface area contributed by atoms with Crippen molar-refractivity contribution in [3.05, 3.63) is 23.3 Å². The first-order valence-electron chi connectivity index (χ1n) is 5.67. The first kappa shape index (κ1) is 11.0. The average molecular weight is 220 g/mol. The predicted molar refractivity (Wildman–Crippen MR) is 59.3 cm³/mol. The third-order valence-corrected chi connectivity index (χ3v) is 3.00. The Bertz CT molecular complexity index is 425. The topological polar surface area (TPSA) is 63.1 Å². The van der Waals surface area contributed by atoms with Crippen molar-refractivity contribution in [2.45, 2.75) is 44.9 Å². The largest absolute Gasteiger partial charge is 0.480 e. The molecule has 1 aromatic heterocycles. The third kappa shape index (κ3) is 1.79. The lowest BCUT2D eigenvalue weighted by atomic mass is 10.1. The zero-order valence-electron chi connectivity index (χ0n) is 9.66. The molecule has 0 bridgehead atoms. The standard InChI is InChI=1S/C12H16N2O2/c1-3-4-9-7-8(2)13-10(14-9)12(5-6-12)11(15)16/h7H,3-6H2,1-2H3,(H,15,16). The van der Waals surface area contributed by atoms with Gasteiger partial charge in [-0.3, -0.25) is 4.79 Å². The molecular weight excluding hydrogens is 204 g/mol. The van der Waals surface area contributed by atoms with E-state index in [1.807, 2.05) is 13.0 Å². The minimum absolute atomic E-state index is 0.503. The van der Waals surface area contributed by atoms with Crippen molar-refractivity contribution in [1.29, 1.82) is 0 Å². The van der Waals surface area contributed by atoms with Gasteiger partial charge in [0.1, 0.15) is 11.2 Å². The van der Waals surface area contributed by atoms with E-state index >= 15 is 0 Å². The lowest BCUT2D eigenvalue weighted by Gasteiger charge is -2.10. The summed E-state index contributed by atoms with van der Waals surface area (Å²) in [4.78, 5) is 19.9. The number of aromatic nitrogens is 2. The van der Waals surface area contributed by atoms with Crippen LogP contribution in [0.1, 0.15) is 43.4 Å². The van der Waals surface area contributed by atoms with Crippen LogP contribution in [-0.2, 0) is 16.6 Å². The van der Waals surface area contributed by atoms with E-state index in [1.165, 1.54) is 0 Å². The van der Waals surface area contributed by atoms with Crippen LogP contribution in [0.3, 0.4) is 0 Å². The third-order valence-electron chi connectivity index (χ3n) is 3.00. The Kier molecular flexibility index (Phi) is 2.66. The fraction of sp³-hybridized carbons (Fsp3) is 0.583. The Morgan fingerprint density at radius 2 is 2.19 bits per heavy atom. The molecular formula is C12H16N2O2. The first-order valence-corrected chi connectivity index (χ1v) is 5.67. The van der Waals surface area contributed by atoms with E-state index in [-0.39, 0.29) is 0 Å². The van der Waals surface area contributed by atoms with Gasteiger partial charge in [-0.15, -0.1) is 0 Å². The van der Waals surface area contributed by atoms with Gasteiger partial charge in [0.15, 0.2) is 0 Å². The highest BCUT2D eigenvalue weighted by molar-refractivity contribution is 5.83. The van der Waals surface area contributed by atoms with Crippen LogP contribution in [-0.4, -0.2) is 21.0 Å². The van der Waals surface area contributed by atoms with Crippen molar-refractivity contribution in [3.8, 4) is 0 Å². The summed E-state index contributed by atoms with van der Waals surface area (Å²) in [5.41, 5.74) is 1.03. The molecule has 1 heterocycles. The molecule has 0 unspecified atom stereocenters. The number of aliphatic carboxylic acids is 1. The molecule has 0 atom stereocenters. The fourth-order valence-electron chi connectivity index (χ4n) is 1.89. The predicted octanol–water partition coefficient (Wildman–Crippen LogP) is 1.85. The van der Waals surface area contributed by atoms with E-state index in [9.17, 15) is 9.90 Å². The van der Waals surface area contributed by atoms with Gasteiger partial charge in [0.25, 0.3) is 0 Å². The summed E-state index contributed by atoms with van der Waals surface area (Å²) < 4.78 is 0. The van der Waals surface area contributed by atoms with Crippen LogP contribution in [0.15, 0.2) is 6.07 Å². The Hall–Kier alpha value is -1.45. The number of carboxylic acids is 1. The SMILES string of the molecule is CCCc1cc(C)nc(C2(C(=O)O)CC2)n1. The second-order valence-corrected chi connectivity index (χ2v) is 4.46. The highest BCUT2D eigenvalue weighted by atomic mass is 16.4. The van der Waals surface area contributed by atoms with Crippen LogP contribution in [0.5, 0.6) is 0 Å². The van der Waals surface area contributed by atoms with Gasteiger partial charge in [-0.05, 0) is 32.3 Å². The maximum atomic E-state index is 11.2. The molecule has 0 spiro atoms. The molecule has 16 heavy (non-hydrogen) atoms. The molecule has 1 fully saturated rings. The molecule has 1 N–H and O–H groups in total. The molecule has 0 aromatic carbocycles. The maximum Gasteiger partial charge on any atom is 0.317 e. The summed E-state index contributed by atoms with van der Waals surface area (Å²) in [6.07, 6.45) is 3.22. The van der Waals surface area contributed by atoms with Crippen molar-refractivity contribution in [2.75, 3.05) is 0 Å². The number of carbonyl (C=O) groups is 1. The van der Waals surface area contributed by atoms with Crippen LogP contribution >= 0.6 is 0 Å². The molecule has 0 saturated heterocycles. The lowest BCUT2D eigenvalue weighted by Crippen LogP contribution is -2.23. The van der Waals surface area contributed by atoms with Gasteiger partial charge in [0.05, 0.1) is 0 Å². The highest BCUT2D eigenvalue weighted by Crippen LogP contribution is 2.46. The van der Waals surface area contributed by atoms with Gasteiger partial charge in [-0.2, -0.15) is 0 Å². The summed E-state index contributed by atoms with van der Waals surface area (Å²) in [5, 5.41) is 9.19. The smallest absolute Gasteiger partial charge is 0.317 e. The zero-order chi connectivity index (χ0) is 11.8. The van der Waals surface area contributed by atoms with Crippen LogP contribution in [0.4, 0.5) is 0 Å². The van der Waals surface area contributed by atoms with E-state index in [1.54, 1.807) is 0 Å². The normalized spacial score (nSPS) is 17.1. The highest BCUT2D eigenvalue weighted by Gasteiger charge is 2.54. The number of hydrogen-bond donors (Lipinski definition) is 1. The average Bonchev–Trinajstić information content (AvgIpc) is 2.97. The number of aryl methyl sites for hydroxylation is 2. The minimum atomic E-state index is -0.791. The van der Waals surface area contributed by atoms with E-state index in [2.05, 4.69) is 16.9 Å². The van der Waals surface area contributed by atoms with Gasteiger partial charge in [0, 0.05) is 11.4 Å². The van der Waals surface area contributed by atoms with E-state index in [0.717, 1.165) is 24.2 Å². The van der Waals surface area contributed by atoms with Crippen LogP contribution in [0, 0.1) is 6.92 Å². The van der Waals surface area contributed by atoms with Crippen molar-refractivity contribution in [2.24, 2.45) is 0 Å². The molecule has 1 aromatic rings. The van der Waals surface area contributed by atoms with Gasteiger partial charge in [0.2, 0.25) is 0 Å². The lowest BCUT2D eigenvalue weighted by molar-refractivity contribution is -0.140. The summed E-state index contributed by atoms with van der Waals surface area (Å²) >= 11 is 0. The molecule has 86 valence electrons. The summed E-state index contributed by atoms with van der Waals surface area (Å²) in [5.74, 6) is -0.288. The monoisotopic (exact) mass is 220 g/mol. The van der Waals surface area contributed by atoms with Gasteiger partial charge in [-0.25, -0.2) is 9.97 Å². The van der Waals surface area contributed by atoms with Crippen molar-refractivity contribution < 1.29 is 9.90 Å². The summed E-state index contributed by atoms with van der Waals surface area (Å²) in [6, 6.07) is 1.94. The van der Waals surface area contributed by atoms with Crippen LogP contribution in [0.2, 0.25) is 0 Å². The number of nitrogens with zero attached hydrogens (tertiary/aromatic N) is 2.